The van der Waals surface area contributed by atoms with Crippen LogP contribution < -0.4 is 0 Å². The van der Waals surface area contributed by atoms with Crippen LogP contribution in [0, 0.1) is 0 Å². The Morgan fingerprint density at radius 1 is 1.36 bits per heavy atom. The lowest BCUT2D eigenvalue weighted by atomic mass is 11.7. The molecule has 1 aliphatic heterocycles. The van der Waals surface area contributed by atoms with Gasteiger partial charge in [-0.3, -0.25) is 0 Å². The molecule has 2 atom stereocenters. The van der Waals surface area contributed by atoms with Crippen molar-refractivity contribution in [1.29, 1.82) is 0 Å². The van der Waals surface area contributed by atoms with Gasteiger partial charge in [0.25, 0.3) is 0 Å². The summed E-state index contributed by atoms with van der Waals surface area (Å²) in [5, 5.41) is 0. The van der Waals surface area contributed by atoms with Crippen molar-refractivity contribution in [3.05, 3.63) is 0 Å². The molecule has 0 saturated carbocycles. The Labute approximate surface area is 70.6 Å². The van der Waals surface area contributed by atoms with E-state index in [0.29, 0.717) is 11.3 Å². The van der Waals surface area contributed by atoms with Gasteiger partial charge in [-0.1, -0.05) is 0 Å². The fourth-order valence-electron chi connectivity index (χ4n) is 1.27. The molecule has 0 bridgehead atoms. The number of hydrogen-bond donors (Lipinski definition) is 2. The maximum absolute atomic E-state index is 9.29. The molecule has 4 nitrogen and oxygen atoms in total. The van der Waals surface area contributed by atoms with Crippen LogP contribution in [-0.2, 0) is 8.54 Å². The molecular formula is C4H14O4Si3. The van der Waals surface area contributed by atoms with Crippen molar-refractivity contribution < 1.29 is 18.1 Å². The van der Waals surface area contributed by atoms with Gasteiger partial charge in [0, 0.05) is 18.4 Å². The minimum absolute atomic E-state index is 0.716. The van der Waals surface area contributed by atoms with Gasteiger partial charge in [-0.2, -0.15) is 0 Å². The van der Waals surface area contributed by atoms with Gasteiger partial charge >= 0.3 is 18.6 Å². The maximum atomic E-state index is 9.29. The van der Waals surface area contributed by atoms with Crippen molar-refractivity contribution in [3.63, 3.8) is 0 Å². The lowest BCUT2D eigenvalue weighted by Gasteiger charge is -2.33. The van der Waals surface area contributed by atoms with Crippen LogP contribution >= 0.6 is 0 Å². The molecule has 66 valence electrons. The van der Waals surface area contributed by atoms with Gasteiger partial charge in [-0.15, -0.1) is 0 Å². The van der Waals surface area contributed by atoms with Crippen LogP contribution in [0.1, 0.15) is 0 Å². The maximum Gasteiger partial charge on any atom is 0.309 e. The summed E-state index contributed by atoms with van der Waals surface area (Å²) < 4.78 is 10.4. The average Bonchev–Trinajstić information content (AvgIpc) is 1.84. The third-order valence-corrected chi connectivity index (χ3v) is 15.2. The zero-order valence-electron chi connectivity index (χ0n) is 6.78. The van der Waals surface area contributed by atoms with Gasteiger partial charge in [0.1, 0.15) is 0 Å². The lowest BCUT2D eigenvalue weighted by molar-refractivity contribution is 0.335. The van der Waals surface area contributed by atoms with Crippen molar-refractivity contribution in [3.8, 4) is 0 Å². The van der Waals surface area contributed by atoms with Crippen molar-refractivity contribution in [2.24, 2.45) is 0 Å². The zero-order valence-corrected chi connectivity index (χ0v) is 10.1. The molecule has 0 aromatic rings. The topological polar surface area (TPSA) is 58.9 Å². The van der Waals surface area contributed by atoms with Crippen molar-refractivity contribution >= 4 is 26.9 Å². The molecule has 0 spiro atoms. The highest BCUT2D eigenvalue weighted by Gasteiger charge is 2.41. The van der Waals surface area contributed by atoms with E-state index in [-0.39, 0.29) is 0 Å². The first kappa shape index (κ1) is 9.58. The van der Waals surface area contributed by atoms with E-state index in [4.69, 9.17) is 8.54 Å². The van der Waals surface area contributed by atoms with E-state index < -0.39 is 26.9 Å². The van der Waals surface area contributed by atoms with E-state index in [1.807, 2.05) is 6.55 Å². The van der Waals surface area contributed by atoms with E-state index >= 15 is 0 Å². The van der Waals surface area contributed by atoms with Crippen molar-refractivity contribution in [2.75, 3.05) is 7.11 Å². The summed E-state index contributed by atoms with van der Waals surface area (Å²) >= 11 is 0. The third kappa shape index (κ3) is 2.47. The van der Waals surface area contributed by atoms with Gasteiger partial charge in [-0.25, -0.2) is 0 Å². The summed E-state index contributed by atoms with van der Waals surface area (Å²) in [6, 6.07) is 0. The summed E-state index contributed by atoms with van der Waals surface area (Å²) in [6.07, 6.45) is 0. The Hall–Kier alpha value is 0.491. The molecule has 1 saturated heterocycles. The second-order valence-electron chi connectivity index (χ2n) is 3.11. The summed E-state index contributed by atoms with van der Waals surface area (Å²) in [5.74, 6) is 0. The normalized spacial score (nSPS) is 45.8. The lowest BCUT2D eigenvalue weighted by Crippen LogP contribution is -2.51. The van der Waals surface area contributed by atoms with Gasteiger partial charge < -0.3 is 18.1 Å². The molecule has 1 heterocycles. The van der Waals surface area contributed by atoms with E-state index in [2.05, 4.69) is 0 Å². The van der Waals surface area contributed by atoms with Gasteiger partial charge in [0.05, 0.1) is 0 Å². The predicted octanol–water partition coefficient (Wildman–Crippen LogP) is -1.26. The van der Waals surface area contributed by atoms with Crippen LogP contribution in [0.3, 0.4) is 0 Å². The Bertz CT molecular complexity index is 133. The molecule has 0 aromatic heterocycles. The molecule has 7 heteroatoms. The van der Waals surface area contributed by atoms with Crippen LogP contribution in [0.5, 0.6) is 0 Å². The molecule has 1 rings (SSSR count). The van der Waals surface area contributed by atoms with Gasteiger partial charge in [0.15, 0.2) is 8.32 Å². The standard InChI is InChI=1S/C4H14O4Si3/c1-7-11(2)3-9(5)8-10(6)4-11/h5-6,9-10H,3-4H2,1-2H3. The van der Waals surface area contributed by atoms with Crippen molar-refractivity contribution in [2.45, 2.75) is 17.9 Å². The molecule has 2 N–H and O–H groups in total. The summed E-state index contributed by atoms with van der Waals surface area (Å²) in [6.45, 7) is 2.04. The predicted molar refractivity (Wildman–Crippen MR) is 48.1 cm³/mol. The Morgan fingerprint density at radius 2 is 1.82 bits per heavy atom. The summed E-state index contributed by atoms with van der Waals surface area (Å²) in [4.78, 5) is 18.6. The molecule has 0 radical (unpaired) electrons. The van der Waals surface area contributed by atoms with Crippen LogP contribution in [0.4, 0.5) is 0 Å². The van der Waals surface area contributed by atoms with Crippen molar-refractivity contribution in [1.82, 2.24) is 0 Å². The smallest absolute Gasteiger partial charge is 0.309 e. The second kappa shape index (κ2) is 3.47. The Kier molecular flexibility index (Phi) is 3.03. The van der Waals surface area contributed by atoms with Crippen LogP contribution in [0.25, 0.3) is 0 Å². The van der Waals surface area contributed by atoms with E-state index in [0.717, 1.165) is 0 Å². The number of rotatable bonds is 1. The summed E-state index contributed by atoms with van der Waals surface area (Å²) in [5.41, 5.74) is 1.43. The van der Waals surface area contributed by atoms with Crippen LogP contribution in [0.15, 0.2) is 0 Å². The summed E-state index contributed by atoms with van der Waals surface area (Å²) in [7, 11) is -4.16. The van der Waals surface area contributed by atoms with Gasteiger partial charge in [0.2, 0.25) is 0 Å². The minimum Gasteiger partial charge on any atom is -0.420 e. The molecule has 11 heavy (non-hydrogen) atoms. The van der Waals surface area contributed by atoms with Crippen LogP contribution in [0.2, 0.25) is 17.9 Å². The number of hydrogen-bond acceptors (Lipinski definition) is 4. The highest BCUT2D eigenvalue weighted by molar-refractivity contribution is 6.92. The SMILES string of the molecule is CO[Si]1(C)C[SiH](O)O[SiH](O)C1. The first-order valence-electron chi connectivity index (χ1n) is 3.62. The molecule has 1 fully saturated rings. The monoisotopic (exact) mass is 210 g/mol. The molecule has 0 aromatic carbocycles. The molecule has 0 aliphatic carbocycles. The van der Waals surface area contributed by atoms with E-state index in [1.165, 1.54) is 0 Å². The molecular weight excluding hydrogens is 196 g/mol. The van der Waals surface area contributed by atoms with Gasteiger partial charge in [-0.05, 0) is 6.55 Å². The Morgan fingerprint density at radius 3 is 2.18 bits per heavy atom. The molecule has 0 amide bonds. The van der Waals surface area contributed by atoms with E-state index in [9.17, 15) is 9.59 Å². The Balaban J connectivity index is 2.55. The molecule has 2 unspecified atom stereocenters. The first-order chi connectivity index (χ1) is 5.06. The zero-order chi connectivity index (χ0) is 8.48. The fraction of sp³-hybridized carbons (Fsp3) is 1.00. The van der Waals surface area contributed by atoms with Crippen LogP contribution in [-0.4, -0.2) is 43.6 Å². The highest BCUT2D eigenvalue weighted by atomic mass is 28.5. The first-order valence-corrected chi connectivity index (χ1v) is 10.1. The third-order valence-electron chi connectivity index (χ3n) is 2.02. The quantitative estimate of drug-likeness (QED) is 0.531. The van der Waals surface area contributed by atoms with E-state index in [1.54, 1.807) is 7.11 Å². The minimum atomic E-state index is -2.05. The largest absolute Gasteiger partial charge is 0.420 e. The highest BCUT2D eigenvalue weighted by Crippen LogP contribution is 2.23. The fourth-order valence-corrected chi connectivity index (χ4v) is 14.6. The second-order valence-corrected chi connectivity index (χ2v) is 12.6. The average molecular weight is 210 g/mol. The molecule has 1 aliphatic rings.